The normalized spacial score (nSPS) is 28.1. The molecule has 2 saturated heterocycles. The molecule has 0 bridgehead atoms. The molecule has 0 aromatic heterocycles. The van der Waals surface area contributed by atoms with Crippen LogP contribution in [0.2, 0.25) is 0 Å². The van der Waals surface area contributed by atoms with Crippen LogP contribution >= 0.6 is 0 Å². The molecule has 1 N–H and O–H groups in total. The Morgan fingerprint density at radius 2 is 2.24 bits per heavy atom. The van der Waals surface area contributed by atoms with Crippen LogP contribution in [0.3, 0.4) is 0 Å². The van der Waals surface area contributed by atoms with E-state index in [1.807, 2.05) is 0 Å². The minimum absolute atomic E-state index is 0.0998. The fraction of sp³-hybridized carbons (Fsp3) is 0.727. The number of nitrogens with zero attached hydrogens (tertiary/aromatic N) is 1. The quantitative estimate of drug-likeness (QED) is 0.647. The van der Waals surface area contributed by atoms with Crippen molar-refractivity contribution >= 4 is 17.8 Å². The van der Waals surface area contributed by atoms with Crippen LogP contribution in [0.1, 0.15) is 19.3 Å². The largest absolute Gasteiger partial charge is 0.467 e. The van der Waals surface area contributed by atoms with E-state index in [0.717, 1.165) is 6.42 Å². The first kappa shape index (κ1) is 11.9. The summed E-state index contributed by atoms with van der Waals surface area (Å²) in [6, 6.07) is -0.469. The Labute approximate surface area is 99.3 Å². The number of likely N-dealkylation sites (tertiary alicyclic amines) is 1. The number of ether oxygens (including phenoxy) is 1. The van der Waals surface area contributed by atoms with E-state index in [9.17, 15) is 14.4 Å². The Balaban J connectivity index is 2.03. The summed E-state index contributed by atoms with van der Waals surface area (Å²) in [5.74, 6) is -0.908. The van der Waals surface area contributed by atoms with Gasteiger partial charge in [0, 0.05) is 19.5 Å². The van der Waals surface area contributed by atoms with Gasteiger partial charge in [-0.2, -0.15) is 0 Å². The van der Waals surface area contributed by atoms with E-state index in [1.165, 1.54) is 7.11 Å². The predicted molar refractivity (Wildman–Crippen MR) is 57.9 cm³/mol. The molecule has 2 atom stereocenters. The fourth-order valence-electron chi connectivity index (χ4n) is 2.43. The van der Waals surface area contributed by atoms with Crippen molar-refractivity contribution in [2.24, 2.45) is 5.92 Å². The molecule has 6 nitrogen and oxygen atoms in total. The molecule has 17 heavy (non-hydrogen) atoms. The Kier molecular flexibility index (Phi) is 3.31. The molecule has 0 aromatic rings. The van der Waals surface area contributed by atoms with Crippen LogP contribution in [0.4, 0.5) is 0 Å². The van der Waals surface area contributed by atoms with Gasteiger partial charge in [0.2, 0.25) is 11.8 Å². The van der Waals surface area contributed by atoms with Crippen molar-refractivity contribution in [2.45, 2.75) is 25.3 Å². The summed E-state index contributed by atoms with van der Waals surface area (Å²) in [4.78, 5) is 36.3. The predicted octanol–water partition coefficient (Wildman–Crippen LogP) is -0.713. The maximum atomic E-state index is 12.1. The highest BCUT2D eigenvalue weighted by molar-refractivity contribution is 5.91. The maximum absolute atomic E-state index is 12.1. The average Bonchev–Trinajstić information content (AvgIpc) is 2.95. The van der Waals surface area contributed by atoms with Crippen molar-refractivity contribution in [3.8, 4) is 0 Å². The van der Waals surface area contributed by atoms with Crippen LogP contribution in [0.15, 0.2) is 0 Å². The molecule has 2 rings (SSSR count). The molecular weight excluding hydrogens is 224 g/mol. The van der Waals surface area contributed by atoms with Crippen LogP contribution in [0, 0.1) is 5.92 Å². The van der Waals surface area contributed by atoms with Gasteiger partial charge in [0.1, 0.15) is 6.04 Å². The molecule has 0 radical (unpaired) electrons. The summed E-state index contributed by atoms with van der Waals surface area (Å²) in [6.07, 6.45) is 1.68. The number of rotatable bonds is 2. The number of hydrogen-bond acceptors (Lipinski definition) is 4. The molecular formula is C11H16N2O4. The van der Waals surface area contributed by atoms with Crippen LogP contribution in [-0.4, -0.2) is 48.9 Å². The molecule has 0 spiro atoms. The zero-order chi connectivity index (χ0) is 12.4. The van der Waals surface area contributed by atoms with Crippen molar-refractivity contribution in [3.05, 3.63) is 0 Å². The number of carbonyl (C=O) groups excluding carboxylic acids is 3. The highest BCUT2D eigenvalue weighted by Gasteiger charge is 2.39. The minimum atomic E-state index is -0.469. The van der Waals surface area contributed by atoms with Gasteiger partial charge >= 0.3 is 5.97 Å². The number of methoxy groups -OCH3 is 1. The highest BCUT2D eigenvalue weighted by Crippen LogP contribution is 2.23. The topological polar surface area (TPSA) is 75.7 Å². The van der Waals surface area contributed by atoms with Crippen molar-refractivity contribution in [2.75, 3.05) is 20.2 Å². The fourth-order valence-corrected chi connectivity index (χ4v) is 2.43. The lowest BCUT2D eigenvalue weighted by Crippen LogP contribution is -2.44. The average molecular weight is 240 g/mol. The molecule has 2 amide bonds. The van der Waals surface area contributed by atoms with Gasteiger partial charge in [-0.1, -0.05) is 0 Å². The summed E-state index contributed by atoms with van der Waals surface area (Å²) in [5.41, 5.74) is 0. The van der Waals surface area contributed by atoms with E-state index in [0.29, 0.717) is 19.5 Å². The van der Waals surface area contributed by atoms with Crippen molar-refractivity contribution in [1.82, 2.24) is 10.2 Å². The molecule has 94 valence electrons. The molecule has 2 fully saturated rings. The lowest BCUT2D eigenvalue weighted by atomic mass is 10.1. The van der Waals surface area contributed by atoms with Crippen molar-refractivity contribution in [1.29, 1.82) is 0 Å². The zero-order valence-corrected chi connectivity index (χ0v) is 9.77. The molecule has 0 aromatic carbocycles. The van der Waals surface area contributed by atoms with E-state index in [1.54, 1.807) is 4.90 Å². The lowest BCUT2D eigenvalue weighted by Gasteiger charge is -2.24. The number of hydrogen-bond donors (Lipinski definition) is 1. The van der Waals surface area contributed by atoms with Crippen LogP contribution in [-0.2, 0) is 19.1 Å². The van der Waals surface area contributed by atoms with Gasteiger partial charge in [-0.25, -0.2) is 4.79 Å². The lowest BCUT2D eigenvalue weighted by molar-refractivity contribution is -0.152. The summed E-state index contributed by atoms with van der Waals surface area (Å²) in [6.45, 7) is 0.950. The first-order valence-electron chi connectivity index (χ1n) is 5.78. The van der Waals surface area contributed by atoms with E-state index in [4.69, 9.17) is 0 Å². The molecule has 6 heteroatoms. The molecule has 2 aliphatic heterocycles. The monoisotopic (exact) mass is 240 g/mol. The first-order valence-corrected chi connectivity index (χ1v) is 5.78. The Morgan fingerprint density at radius 1 is 1.47 bits per heavy atom. The zero-order valence-electron chi connectivity index (χ0n) is 9.77. The van der Waals surface area contributed by atoms with E-state index < -0.39 is 6.04 Å². The van der Waals surface area contributed by atoms with Crippen molar-refractivity contribution < 1.29 is 19.1 Å². The Morgan fingerprint density at radius 3 is 2.82 bits per heavy atom. The van der Waals surface area contributed by atoms with Crippen LogP contribution in [0.5, 0.6) is 0 Å². The minimum Gasteiger partial charge on any atom is -0.467 e. The molecule has 0 saturated carbocycles. The first-order chi connectivity index (χ1) is 8.13. The second-order valence-electron chi connectivity index (χ2n) is 4.42. The second kappa shape index (κ2) is 4.73. The Bertz CT molecular complexity index is 355. The van der Waals surface area contributed by atoms with Gasteiger partial charge in [-0.05, 0) is 12.8 Å². The van der Waals surface area contributed by atoms with Gasteiger partial charge < -0.3 is 15.0 Å². The standard InChI is InChI=1S/C11H16N2O4/c1-17-11(16)8-3-2-4-13(8)10(15)7-5-9(14)12-6-7/h7-8H,2-6H2,1H3,(H,12,14). The van der Waals surface area contributed by atoms with Gasteiger partial charge in [0.25, 0.3) is 0 Å². The number of carbonyl (C=O) groups is 3. The third-order valence-corrected chi connectivity index (χ3v) is 3.34. The molecule has 2 unspecified atom stereocenters. The highest BCUT2D eigenvalue weighted by atomic mass is 16.5. The number of nitrogens with one attached hydrogen (secondary N) is 1. The van der Waals surface area contributed by atoms with Gasteiger partial charge in [0.15, 0.2) is 0 Å². The van der Waals surface area contributed by atoms with Gasteiger partial charge in [-0.3, -0.25) is 9.59 Å². The second-order valence-corrected chi connectivity index (χ2v) is 4.42. The van der Waals surface area contributed by atoms with Gasteiger partial charge in [-0.15, -0.1) is 0 Å². The van der Waals surface area contributed by atoms with E-state index in [-0.39, 0.29) is 30.1 Å². The third-order valence-electron chi connectivity index (χ3n) is 3.34. The Hall–Kier alpha value is -1.59. The number of esters is 1. The van der Waals surface area contributed by atoms with Crippen LogP contribution < -0.4 is 5.32 Å². The van der Waals surface area contributed by atoms with Crippen LogP contribution in [0.25, 0.3) is 0 Å². The molecule has 2 heterocycles. The smallest absolute Gasteiger partial charge is 0.328 e. The third kappa shape index (κ3) is 2.25. The van der Waals surface area contributed by atoms with Gasteiger partial charge in [0.05, 0.1) is 13.0 Å². The molecule has 0 aliphatic carbocycles. The summed E-state index contributed by atoms with van der Waals surface area (Å²) < 4.78 is 4.68. The summed E-state index contributed by atoms with van der Waals surface area (Å²) in [5, 5.41) is 2.63. The van der Waals surface area contributed by atoms with Crippen molar-refractivity contribution in [3.63, 3.8) is 0 Å². The summed E-state index contributed by atoms with van der Waals surface area (Å²) in [7, 11) is 1.32. The van der Waals surface area contributed by atoms with E-state index in [2.05, 4.69) is 10.1 Å². The molecule has 2 aliphatic rings. The SMILES string of the molecule is COC(=O)C1CCCN1C(=O)C1CNC(=O)C1. The van der Waals surface area contributed by atoms with E-state index >= 15 is 0 Å². The summed E-state index contributed by atoms with van der Waals surface area (Å²) >= 11 is 0. The number of amides is 2. The maximum Gasteiger partial charge on any atom is 0.328 e.